The molecular formula is C23H20N2O. The van der Waals surface area contributed by atoms with Gasteiger partial charge in [-0.15, -0.1) is 0 Å². The molecule has 4 rings (SSSR count). The van der Waals surface area contributed by atoms with Gasteiger partial charge in [0.2, 0.25) is 0 Å². The minimum atomic E-state index is 0.592. The van der Waals surface area contributed by atoms with E-state index in [9.17, 15) is 0 Å². The number of aryl methyl sites for hydroxylation is 2. The zero-order valence-electron chi connectivity index (χ0n) is 14.9. The van der Waals surface area contributed by atoms with E-state index < -0.39 is 0 Å². The SMILES string of the molecule is Cc1ccc(-c2cc(=NCc3cccnc3)c3cc(C)ccc3o2)cc1. The van der Waals surface area contributed by atoms with Crippen LogP contribution in [-0.2, 0) is 6.54 Å². The van der Waals surface area contributed by atoms with Gasteiger partial charge in [-0.25, -0.2) is 0 Å². The zero-order valence-corrected chi connectivity index (χ0v) is 14.9. The van der Waals surface area contributed by atoms with Crippen LogP contribution in [0.3, 0.4) is 0 Å². The summed E-state index contributed by atoms with van der Waals surface area (Å²) in [7, 11) is 0. The highest BCUT2D eigenvalue weighted by atomic mass is 16.3. The smallest absolute Gasteiger partial charge is 0.136 e. The Labute approximate surface area is 152 Å². The number of aromatic nitrogens is 1. The molecule has 0 aliphatic rings. The van der Waals surface area contributed by atoms with Crippen LogP contribution < -0.4 is 5.36 Å². The molecule has 4 aromatic rings. The van der Waals surface area contributed by atoms with Crippen molar-refractivity contribution in [3.8, 4) is 11.3 Å². The van der Waals surface area contributed by atoms with Gasteiger partial charge in [0.25, 0.3) is 0 Å². The summed E-state index contributed by atoms with van der Waals surface area (Å²) in [4.78, 5) is 9.02. The third-order valence-corrected chi connectivity index (χ3v) is 4.39. The largest absolute Gasteiger partial charge is 0.456 e. The van der Waals surface area contributed by atoms with Crippen molar-refractivity contribution in [2.75, 3.05) is 0 Å². The van der Waals surface area contributed by atoms with Crippen LogP contribution >= 0.6 is 0 Å². The van der Waals surface area contributed by atoms with Crippen molar-refractivity contribution in [2.45, 2.75) is 20.4 Å². The molecule has 0 atom stereocenters. The molecule has 0 aliphatic carbocycles. The predicted molar refractivity (Wildman–Crippen MR) is 105 cm³/mol. The molecule has 0 aliphatic heterocycles. The van der Waals surface area contributed by atoms with Crippen LogP contribution in [0.2, 0.25) is 0 Å². The van der Waals surface area contributed by atoms with E-state index in [4.69, 9.17) is 9.41 Å². The lowest BCUT2D eigenvalue weighted by molar-refractivity contribution is 0.618. The van der Waals surface area contributed by atoms with Crippen LogP contribution in [0.4, 0.5) is 0 Å². The number of fused-ring (bicyclic) bond motifs is 1. The highest BCUT2D eigenvalue weighted by molar-refractivity contribution is 5.79. The van der Waals surface area contributed by atoms with Gasteiger partial charge in [0, 0.05) is 29.4 Å². The van der Waals surface area contributed by atoms with E-state index in [2.05, 4.69) is 55.2 Å². The van der Waals surface area contributed by atoms with E-state index >= 15 is 0 Å². The van der Waals surface area contributed by atoms with Crippen molar-refractivity contribution in [3.05, 3.63) is 95.1 Å². The Kier molecular flexibility index (Phi) is 4.36. The molecule has 0 fully saturated rings. The van der Waals surface area contributed by atoms with E-state index in [1.54, 1.807) is 6.20 Å². The van der Waals surface area contributed by atoms with Crippen LogP contribution in [0.25, 0.3) is 22.3 Å². The molecule has 0 N–H and O–H groups in total. The Morgan fingerprint density at radius 1 is 0.923 bits per heavy atom. The number of benzene rings is 2. The molecule has 128 valence electrons. The molecule has 2 aromatic heterocycles. The molecule has 0 amide bonds. The second-order valence-corrected chi connectivity index (χ2v) is 6.54. The Balaban J connectivity index is 1.88. The Bertz CT molecular complexity index is 1110. The number of nitrogens with zero attached hydrogens (tertiary/aromatic N) is 2. The summed E-state index contributed by atoms with van der Waals surface area (Å²) < 4.78 is 6.16. The quantitative estimate of drug-likeness (QED) is 0.513. The van der Waals surface area contributed by atoms with E-state index in [1.165, 1.54) is 11.1 Å². The van der Waals surface area contributed by atoms with Gasteiger partial charge in [-0.1, -0.05) is 47.5 Å². The van der Waals surface area contributed by atoms with Crippen LogP contribution in [-0.4, -0.2) is 4.98 Å². The van der Waals surface area contributed by atoms with Gasteiger partial charge in [-0.05, 0) is 37.6 Å². The number of hydrogen-bond donors (Lipinski definition) is 0. The molecule has 0 saturated heterocycles. The van der Waals surface area contributed by atoms with Crippen molar-refractivity contribution in [1.29, 1.82) is 0 Å². The molecule has 0 spiro atoms. The lowest BCUT2D eigenvalue weighted by atomic mass is 10.1. The maximum Gasteiger partial charge on any atom is 0.136 e. The average Bonchev–Trinajstić information content (AvgIpc) is 2.67. The van der Waals surface area contributed by atoms with Crippen molar-refractivity contribution >= 4 is 11.0 Å². The zero-order chi connectivity index (χ0) is 17.9. The summed E-state index contributed by atoms with van der Waals surface area (Å²) in [5, 5.41) is 1.97. The Morgan fingerprint density at radius 3 is 2.50 bits per heavy atom. The highest BCUT2D eigenvalue weighted by Crippen LogP contribution is 2.23. The van der Waals surface area contributed by atoms with E-state index in [1.807, 2.05) is 30.5 Å². The predicted octanol–water partition coefficient (Wildman–Crippen LogP) is 5.21. The maximum atomic E-state index is 6.16. The summed E-state index contributed by atoms with van der Waals surface area (Å²) in [6, 6.07) is 20.6. The molecular weight excluding hydrogens is 320 g/mol. The molecule has 26 heavy (non-hydrogen) atoms. The summed E-state index contributed by atoms with van der Waals surface area (Å²) in [6.45, 7) is 4.76. The van der Waals surface area contributed by atoms with Crippen molar-refractivity contribution < 1.29 is 4.42 Å². The fourth-order valence-electron chi connectivity index (χ4n) is 2.94. The Morgan fingerprint density at radius 2 is 1.73 bits per heavy atom. The lowest BCUT2D eigenvalue weighted by Gasteiger charge is -2.06. The average molecular weight is 340 g/mol. The second kappa shape index (κ2) is 6.96. The van der Waals surface area contributed by atoms with Crippen LogP contribution in [0.1, 0.15) is 16.7 Å². The van der Waals surface area contributed by atoms with Crippen molar-refractivity contribution in [3.63, 3.8) is 0 Å². The van der Waals surface area contributed by atoms with Crippen molar-refractivity contribution in [2.24, 2.45) is 4.99 Å². The van der Waals surface area contributed by atoms with Crippen LogP contribution in [0.15, 0.2) is 82.5 Å². The van der Waals surface area contributed by atoms with Gasteiger partial charge in [0.15, 0.2) is 0 Å². The van der Waals surface area contributed by atoms with Crippen molar-refractivity contribution in [1.82, 2.24) is 4.98 Å². The number of rotatable bonds is 3. The summed E-state index contributed by atoms with van der Waals surface area (Å²) >= 11 is 0. The number of hydrogen-bond acceptors (Lipinski definition) is 3. The first-order chi connectivity index (χ1) is 12.7. The summed E-state index contributed by atoms with van der Waals surface area (Å²) in [5.74, 6) is 0.825. The molecule has 2 aromatic carbocycles. The first-order valence-corrected chi connectivity index (χ1v) is 8.70. The van der Waals surface area contributed by atoms with Gasteiger partial charge in [0.1, 0.15) is 11.3 Å². The summed E-state index contributed by atoms with van der Waals surface area (Å²) in [5.41, 5.74) is 5.40. The first-order valence-electron chi connectivity index (χ1n) is 8.70. The van der Waals surface area contributed by atoms with E-state index in [-0.39, 0.29) is 0 Å². The third kappa shape index (κ3) is 3.42. The first kappa shape index (κ1) is 16.3. The maximum absolute atomic E-state index is 6.16. The molecule has 0 bridgehead atoms. The normalized spacial score (nSPS) is 11.8. The molecule has 0 unspecified atom stereocenters. The Hall–Kier alpha value is -3.20. The van der Waals surface area contributed by atoms with Gasteiger partial charge in [0.05, 0.1) is 11.9 Å². The molecule has 3 nitrogen and oxygen atoms in total. The number of pyridine rings is 1. The minimum Gasteiger partial charge on any atom is -0.456 e. The monoisotopic (exact) mass is 340 g/mol. The van der Waals surface area contributed by atoms with Gasteiger partial charge < -0.3 is 4.42 Å². The fourth-order valence-corrected chi connectivity index (χ4v) is 2.94. The standard InChI is InChI=1S/C23H20N2O/c1-16-5-8-19(9-6-16)23-13-21(25-15-18-4-3-11-24-14-18)20-12-17(2)7-10-22(20)26-23/h3-14H,15H2,1-2H3. The van der Waals surface area contributed by atoms with Crippen LogP contribution in [0.5, 0.6) is 0 Å². The molecule has 3 heteroatoms. The lowest BCUT2D eigenvalue weighted by Crippen LogP contribution is -2.05. The van der Waals surface area contributed by atoms with E-state index in [0.29, 0.717) is 6.54 Å². The third-order valence-electron chi connectivity index (χ3n) is 4.39. The minimum absolute atomic E-state index is 0.592. The fraction of sp³-hybridized carbons (Fsp3) is 0.130. The van der Waals surface area contributed by atoms with Gasteiger partial charge in [-0.3, -0.25) is 9.98 Å². The topological polar surface area (TPSA) is 38.4 Å². The highest BCUT2D eigenvalue weighted by Gasteiger charge is 2.06. The summed E-state index contributed by atoms with van der Waals surface area (Å²) in [6.07, 6.45) is 3.63. The molecule has 0 radical (unpaired) electrons. The van der Waals surface area contributed by atoms with E-state index in [0.717, 1.165) is 33.2 Å². The van der Waals surface area contributed by atoms with Crippen LogP contribution in [0, 0.1) is 13.8 Å². The second-order valence-electron chi connectivity index (χ2n) is 6.54. The van der Waals surface area contributed by atoms with Gasteiger partial charge >= 0.3 is 0 Å². The van der Waals surface area contributed by atoms with Gasteiger partial charge in [-0.2, -0.15) is 0 Å². The molecule has 0 saturated carbocycles. The molecule has 2 heterocycles.